The number of rotatable bonds is 7. The molecule has 1 aromatic heterocycles. The lowest BCUT2D eigenvalue weighted by Gasteiger charge is -2.40. The van der Waals surface area contributed by atoms with E-state index in [4.69, 9.17) is 9.73 Å². The lowest BCUT2D eigenvalue weighted by atomic mass is 9.87. The lowest BCUT2D eigenvalue weighted by Crippen LogP contribution is -2.53. The highest BCUT2D eigenvalue weighted by Gasteiger charge is 2.40. The number of aliphatic imine (C=N–C) groups is 1. The molecule has 8 heteroatoms. The number of hydrogen-bond donors (Lipinski definition) is 0. The first-order chi connectivity index (χ1) is 17.5. The van der Waals surface area contributed by atoms with Crippen LogP contribution in [0.4, 0.5) is 15.9 Å². The number of halogens is 1. The first-order valence-corrected chi connectivity index (χ1v) is 12.7. The van der Waals surface area contributed by atoms with Crippen molar-refractivity contribution in [2.75, 3.05) is 37.7 Å². The number of piperazine rings is 1. The molecular weight excluding hydrogens is 457 g/mol. The predicted octanol–water partition coefficient (Wildman–Crippen LogP) is 4.86. The molecule has 0 spiro atoms. The molecule has 2 atom stereocenters. The molecule has 2 aromatic carbocycles. The first-order valence-electron chi connectivity index (χ1n) is 12.7. The van der Waals surface area contributed by atoms with E-state index in [1.54, 1.807) is 18.3 Å². The Hall–Kier alpha value is -3.68. The fraction of sp³-hybridized carbons (Fsp3) is 0.393. The number of fused-ring (bicyclic) bond motifs is 1. The van der Waals surface area contributed by atoms with E-state index >= 15 is 0 Å². The van der Waals surface area contributed by atoms with Crippen molar-refractivity contribution < 1.29 is 13.9 Å². The van der Waals surface area contributed by atoms with Gasteiger partial charge in [-0.3, -0.25) is 4.79 Å². The van der Waals surface area contributed by atoms with Crippen molar-refractivity contribution in [2.45, 2.75) is 32.7 Å². The van der Waals surface area contributed by atoms with Crippen LogP contribution in [0.15, 0.2) is 65.8 Å². The Kier molecular flexibility index (Phi) is 7.02. The van der Waals surface area contributed by atoms with Gasteiger partial charge in [-0.2, -0.15) is 5.10 Å². The Bertz CT molecular complexity index is 1210. The van der Waals surface area contributed by atoms with Gasteiger partial charge in [-0.15, -0.1) is 0 Å². The fourth-order valence-corrected chi connectivity index (χ4v) is 5.01. The third-order valence-corrected chi connectivity index (χ3v) is 7.01. The maximum Gasteiger partial charge on any atom is 0.234 e. The van der Waals surface area contributed by atoms with Crippen LogP contribution in [0.5, 0.6) is 5.75 Å². The number of carbonyl (C=O) groups excluding carboxylic acids is 1. The maximum absolute atomic E-state index is 13.9. The molecule has 188 valence electrons. The zero-order valence-electron chi connectivity index (χ0n) is 20.8. The Morgan fingerprint density at radius 2 is 1.75 bits per heavy atom. The van der Waals surface area contributed by atoms with Crippen LogP contribution in [0.25, 0.3) is 0 Å². The van der Waals surface area contributed by atoms with Gasteiger partial charge in [0.1, 0.15) is 17.5 Å². The van der Waals surface area contributed by atoms with Crippen molar-refractivity contribution >= 4 is 23.1 Å². The Morgan fingerprint density at radius 1 is 1.03 bits per heavy atom. The monoisotopic (exact) mass is 489 g/mol. The van der Waals surface area contributed by atoms with Crippen LogP contribution >= 0.6 is 0 Å². The van der Waals surface area contributed by atoms with Gasteiger partial charge in [0.25, 0.3) is 0 Å². The molecule has 0 saturated carbocycles. The van der Waals surface area contributed by atoms with Gasteiger partial charge in [0, 0.05) is 43.6 Å². The maximum atomic E-state index is 13.9. The summed E-state index contributed by atoms with van der Waals surface area (Å²) in [7, 11) is 0. The highest BCUT2D eigenvalue weighted by atomic mass is 19.1. The van der Waals surface area contributed by atoms with Crippen LogP contribution < -0.4 is 9.64 Å². The number of nitrogens with zero attached hydrogens (tertiary/aromatic N) is 5. The van der Waals surface area contributed by atoms with Gasteiger partial charge in [-0.1, -0.05) is 25.5 Å². The highest BCUT2D eigenvalue weighted by molar-refractivity contribution is 6.05. The molecule has 3 heterocycles. The van der Waals surface area contributed by atoms with Crippen molar-refractivity contribution in [3.63, 3.8) is 0 Å². The summed E-state index contributed by atoms with van der Waals surface area (Å²) >= 11 is 0. The van der Waals surface area contributed by atoms with Crippen molar-refractivity contribution in [3.05, 3.63) is 72.2 Å². The quantitative estimate of drug-likeness (QED) is 0.445. The molecule has 5 rings (SSSR count). The Balaban J connectivity index is 1.35. The molecule has 0 radical (unpaired) electrons. The number of aromatic nitrogens is 2. The van der Waals surface area contributed by atoms with Crippen molar-refractivity contribution in [1.82, 2.24) is 14.7 Å². The second-order valence-electron chi connectivity index (χ2n) is 9.37. The van der Waals surface area contributed by atoms with Crippen LogP contribution in [-0.2, 0) is 4.79 Å². The van der Waals surface area contributed by atoms with E-state index < -0.39 is 5.92 Å². The molecule has 1 amide bonds. The van der Waals surface area contributed by atoms with E-state index in [2.05, 4.69) is 16.9 Å². The smallest absolute Gasteiger partial charge is 0.234 e. The predicted molar refractivity (Wildman–Crippen MR) is 139 cm³/mol. The summed E-state index contributed by atoms with van der Waals surface area (Å²) in [6, 6.07) is 16.1. The van der Waals surface area contributed by atoms with Crippen LogP contribution in [0.2, 0.25) is 0 Å². The number of hydrogen-bond acceptors (Lipinski definition) is 5. The second kappa shape index (κ2) is 10.5. The van der Waals surface area contributed by atoms with Gasteiger partial charge in [-0.05, 0) is 55.3 Å². The minimum atomic E-state index is -0.443. The zero-order valence-corrected chi connectivity index (χ0v) is 20.8. The molecule has 1 fully saturated rings. The van der Waals surface area contributed by atoms with Gasteiger partial charge < -0.3 is 14.5 Å². The highest BCUT2D eigenvalue weighted by Crippen LogP contribution is 2.37. The summed E-state index contributed by atoms with van der Waals surface area (Å²) in [5.74, 6) is 0.954. The number of amides is 1. The van der Waals surface area contributed by atoms with Gasteiger partial charge in [0.05, 0.1) is 18.8 Å². The van der Waals surface area contributed by atoms with Gasteiger partial charge in [-0.25, -0.2) is 14.1 Å². The van der Waals surface area contributed by atoms with E-state index in [-0.39, 0.29) is 17.8 Å². The number of carbonyl (C=O) groups is 1. The van der Waals surface area contributed by atoms with Crippen LogP contribution in [0.1, 0.15) is 38.3 Å². The molecule has 0 N–H and O–H groups in total. The van der Waals surface area contributed by atoms with Crippen molar-refractivity contribution in [3.8, 4) is 5.75 Å². The standard InChI is InChI=1S/C28H32FN5O2/c1-3-4-19-36-24-11-5-21(6-12-24)27-26(20(2)31-25-13-14-30-34(25)27)28(35)33-17-15-32(16-18-33)23-9-7-22(29)8-10-23/h5-14,26-27H,3-4,15-19H2,1-2H3. The average molecular weight is 490 g/mol. The normalized spacial score (nSPS) is 19.6. The van der Waals surface area contributed by atoms with E-state index in [9.17, 15) is 9.18 Å². The second-order valence-corrected chi connectivity index (χ2v) is 9.37. The molecule has 2 aliphatic heterocycles. The van der Waals surface area contributed by atoms with Crippen molar-refractivity contribution in [2.24, 2.45) is 10.9 Å². The minimum absolute atomic E-state index is 0.0597. The van der Waals surface area contributed by atoms with E-state index in [0.717, 1.165) is 41.4 Å². The van der Waals surface area contributed by atoms with Crippen LogP contribution in [-0.4, -0.2) is 59.1 Å². The molecule has 3 aromatic rings. The van der Waals surface area contributed by atoms with E-state index in [0.29, 0.717) is 32.8 Å². The lowest BCUT2D eigenvalue weighted by molar-refractivity contribution is -0.134. The number of benzene rings is 2. The van der Waals surface area contributed by atoms with Crippen LogP contribution in [0.3, 0.4) is 0 Å². The SMILES string of the molecule is CCCCOc1ccc(C2C(C(=O)N3CCN(c4ccc(F)cc4)CC3)C(C)=Nc3ccnn32)cc1. The largest absolute Gasteiger partial charge is 0.494 e. The Labute approximate surface area is 211 Å². The minimum Gasteiger partial charge on any atom is -0.494 e. The summed E-state index contributed by atoms with van der Waals surface area (Å²) in [5, 5.41) is 4.54. The summed E-state index contributed by atoms with van der Waals surface area (Å²) in [5.41, 5.74) is 2.77. The summed E-state index contributed by atoms with van der Waals surface area (Å²) in [6.45, 7) is 7.36. The molecule has 0 bridgehead atoms. The van der Waals surface area contributed by atoms with Gasteiger partial charge in [0.2, 0.25) is 5.91 Å². The zero-order chi connectivity index (χ0) is 25.1. The summed E-state index contributed by atoms with van der Waals surface area (Å²) < 4.78 is 21.0. The van der Waals surface area contributed by atoms with Gasteiger partial charge in [0.15, 0.2) is 5.82 Å². The molecule has 7 nitrogen and oxygen atoms in total. The third-order valence-electron chi connectivity index (χ3n) is 7.01. The molecular formula is C28H32FN5O2. The molecule has 2 aliphatic rings. The van der Waals surface area contributed by atoms with E-state index in [1.807, 2.05) is 46.8 Å². The number of ether oxygens (including phenoxy) is 1. The number of unbranched alkanes of at least 4 members (excludes halogenated alkanes) is 1. The topological polar surface area (TPSA) is 63.0 Å². The average Bonchev–Trinajstić information content (AvgIpc) is 3.37. The van der Waals surface area contributed by atoms with Crippen molar-refractivity contribution in [1.29, 1.82) is 0 Å². The third kappa shape index (κ3) is 4.85. The molecule has 36 heavy (non-hydrogen) atoms. The molecule has 2 unspecified atom stereocenters. The van der Waals surface area contributed by atoms with E-state index in [1.165, 1.54) is 12.1 Å². The molecule has 1 saturated heterocycles. The summed E-state index contributed by atoms with van der Waals surface area (Å²) in [4.78, 5) is 22.7. The molecule has 0 aliphatic carbocycles. The van der Waals surface area contributed by atoms with Crippen LogP contribution in [0, 0.1) is 11.7 Å². The van der Waals surface area contributed by atoms with Gasteiger partial charge >= 0.3 is 0 Å². The fourth-order valence-electron chi connectivity index (χ4n) is 5.01. The Morgan fingerprint density at radius 3 is 2.44 bits per heavy atom. The number of anilines is 1. The first kappa shape index (κ1) is 24.0. The summed E-state index contributed by atoms with van der Waals surface area (Å²) in [6.07, 6.45) is 3.83.